The van der Waals surface area contributed by atoms with Gasteiger partial charge in [0.25, 0.3) is 0 Å². The first kappa shape index (κ1) is 23.0. The van der Waals surface area contributed by atoms with Crippen LogP contribution >= 0.6 is 0 Å². The standard InChI is InChI=1S/C30H28N2O2/c1-31(2)19-17-27(33)25-15-13-21-9-5-7-11-23(21)29(25)30-24-12-8-6-10-22(24)14-16-26(30)28(34)18-20-32(3)4/h5-20H,1-4H3/b19-17+,20-18+. The van der Waals surface area contributed by atoms with E-state index in [4.69, 9.17) is 0 Å². The average molecular weight is 449 g/mol. The molecule has 0 aliphatic carbocycles. The first-order valence-electron chi connectivity index (χ1n) is 11.2. The summed E-state index contributed by atoms with van der Waals surface area (Å²) in [4.78, 5) is 30.5. The molecule has 0 aliphatic rings. The van der Waals surface area contributed by atoms with Crippen molar-refractivity contribution in [2.24, 2.45) is 0 Å². The van der Waals surface area contributed by atoms with E-state index in [0.717, 1.165) is 32.7 Å². The van der Waals surface area contributed by atoms with Crippen LogP contribution in [0.4, 0.5) is 0 Å². The summed E-state index contributed by atoms with van der Waals surface area (Å²) in [6.45, 7) is 0. The SMILES string of the molecule is CN(C)/C=C/C(=O)c1ccc2ccccc2c1-c1c(C(=O)/C=C/N(C)C)ccc2ccccc12. The largest absolute Gasteiger partial charge is 0.383 e. The Hall–Kier alpha value is -4.18. The van der Waals surface area contributed by atoms with Crippen LogP contribution in [0.2, 0.25) is 0 Å². The zero-order valence-electron chi connectivity index (χ0n) is 19.9. The van der Waals surface area contributed by atoms with Crippen molar-refractivity contribution in [3.63, 3.8) is 0 Å². The summed E-state index contributed by atoms with van der Waals surface area (Å²) in [7, 11) is 7.51. The smallest absolute Gasteiger partial charge is 0.187 e. The fourth-order valence-electron chi connectivity index (χ4n) is 4.11. The van der Waals surface area contributed by atoms with Gasteiger partial charge in [0.2, 0.25) is 0 Å². The summed E-state index contributed by atoms with van der Waals surface area (Å²) < 4.78 is 0. The minimum Gasteiger partial charge on any atom is -0.383 e. The van der Waals surface area contributed by atoms with Crippen LogP contribution in [-0.4, -0.2) is 49.6 Å². The Kier molecular flexibility index (Phi) is 6.60. The van der Waals surface area contributed by atoms with Gasteiger partial charge in [-0.15, -0.1) is 0 Å². The molecule has 4 nitrogen and oxygen atoms in total. The number of carbonyl (C=O) groups is 2. The van der Waals surface area contributed by atoms with Crippen LogP contribution in [0.15, 0.2) is 97.3 Å². The van der Waals surface area contributed by atoms with E-state index in [1.54, 1.807) is 24.6 Å². The lowest BCUT2D eigenvalue weighted by Crippen LogP contribution is -2.07. The molecule has 34 heavy (non-hydrogen) atoms. The molecule has 0 spiro atoms. The minimum absolute atomic E-state index is 0.107. The molecule has 0 saturated carbocycles. The normalized spacial score (nSPS) is 11.5. The highest BCUT2D eigenvalue weighted by atomic mass is 16.1. The van der Waals surface area contributed by atoms with Crippen molar-refractivity contribution in [1.82, 2.24) is 9.80 Å². The van der Waals surface area contributed by atoms with Crippen LogP contribution in [0, 0.1) is 0 Å². The van der Waals surface area contributed by atoms with Crippen LogP contribution in [0.5, 0.6) is 0 Å². The quantitative estimate of drug-likeness (QED) is 0.250. The summed E-state index contributed by atoms with van der Waals surface area (Å²) in [5, 5.41) is 3.91. The van der Waals surface area contributed by atoms with E-state index >= 15 is 0 Å². The summed E-state index contributed by atoms with van der Waals surface area (Å²) in [5.41, 5.74) is 2.70. The number of fused-ring (bicyclic) bond motifs is 2. The van der Waals surface area contributed by atoms with Crippen molar-refractivity contribution in [3.8, 4) is 11.1 Å². The summed E-state index contributed by atoms with van der Waals surface area (Å²) >= 11 is 0. The number of hydrogen-bond donors (Lipinski definition) is 0. The molecule has 0 aliphatic heterocycles. The van der Waals surface area contributed by atoms with E-state index in [1.807, 2.05) is 111 Å². The second-order valence-electron chi connectivity index (χ2n) is 8.71. The Morgan fingerprint density at radius 1 is 0.559 bits per heavy atom. The number of benzene rings is 4. The molecule has 170 valence electrons. The topological polar surface area (TPSA) is 40.6 Å². The van der Waals surface area contributed by atoms with Gasteiger partial charge in [-0.05, 0) is 33.7 Å². The number of rotatable bonds is 7. The van der Waals surface area contributed by atoms with E-state index < -0.39 is 0 Å². The predicted molar refractivity (Wildman–Crippen MR) is 141 cm³/mol. The van der Waals surface area contributed by atoms with Crippen molar-refractivity contribution in [3.05, 3.63) is 108 Å². The van der Waals surface area contributed by atoms with Gasteiger partial charge in [0.1, 0.15) is 0 Å². The Labute approximate surface area is 200 Å². The lowest BCUT2D eigenvalue weighted by atomic mass is 9.85. The Morgan fingerprint density at radius 3 is 1.32 bits per heavy atom. The molecule has 4 aromatic rings. The third kappa shape index (κ3) is 4.62. The molecule has 0 radical (unpaired) electrons. The van der Waals surface area contributed by atoms with Crippen molar-refractivity contribution >= 4 is 33.1 Å². The van der Waals surface area contributed by atoms with Crippen molar-refractivity contribution in [2.45, 2.75) is 0 Å². The van der Waals surface area contributed by atoms with Crippen molar-refractivity contribution < 1.29 is 9.59 Å². The maximum Gasteiger partial charge on any atom is 0.187 e. The lowest BCUT2D eigenvalue weighted by Gasteiger charge is -2.18. The second kappa shape index (κ2) is 9.75. The first-order chi connectivity index (χ1) is 16.4. The van der Waals surface area contributed by atoms with Crippen LogP contribution in [0.3, 0.4) is 0 Å². The molecule has 0 heterocycles. The van der Waals surface area contributed by atoms with Crippen LogP contribution in [-0.2, 0) is 0 Å². The molecule has 0 bridgehead atoms. The highest BCUT2D eigenvalue weighted by Crippen LogP contribution is 2.39. The first-order valence-corrected chi connectivity index (χ1v) is 11.2. The van der Waals surface area contributed by atoms with Crippen LogP contribution < -0.4 is 0 Å². The van der Waals surface area contributed by atoms with Gasteiger partial charge in [-0.3, -0.25) is 9.59 Å². The molecule has 4 heteroatoms. The van der Waals surface area contributed by atoms with Gasteiger partial charge in [0, 0.05) is 75.0 Å². The van der Waals surface area contributed by atoms with Crippen molar-refractivity contribution in [2.75, 3.05) is 28.2 Å². The van der Waals surface area contributed by atoms with Gasteiger partial charge in [-0.1, -0.05) is 60.7 Å². The molecule has 0 unspecified atom stereocenters. The number of hydrogen-bond acceptors (Lipinski definition) is 4. The average Bonchev–Trinajstić information content (AvgIpc) is 2.84. The third-order valence-electron chi connectivity index (χ3n) is 5.69. The molecule has 0 aromatic heterocycles. The van der Waals surface area contributed by atoms with Gasteiger partial charge in [-0.25, -0.2) is 0 Å². The number of ketones is 2. The van der Waals surface area contributed by atoms with Gasteiger partial charge in [-0.2, -0.15) is 0 Å². The van der Waals surface area contributed by atoms with Gasteiger partial charge < -0.3 is 9.80 Å². The van der Waals surface area contributed by atoms with E-state index in [2.05, 4.69) is 0 Å². The highest BCUT2D eigenvalue weighted by Gasteiger charge is 2.21. The van der Waals surface area contributed by atoms with E-state index in [9.17, 15) is 9.59 Å². The summed E-state index contributed by atoms with van der Waals surface area (Å²) in [5.74, 6) is -0.214. The zero-order chi connectivity index (χ0) is 24.2. The fraction of sp³-hybridized carbons (Fsp3) is 0.133. The van der Waals surface area contributed by atoms with E-state index in [-0.39, 0.29) is 11.6 Å². The Morgan fingerprint density at radius 2 is 0.941 bits per heavy atom. The maximum atomic E-state index is 13.4. The molecular formula is C30H28N2O2. The Bertz CT molecular complexity index is 1330. The molecule has 0 atom stereocenters. The van der Waals surface area contributed by atoms with Crippen molar-refractivity contribution in [1.29, 1.82) is 0 Å². The molecule has 0 amide bonds. The number of nitrogens with zero attached hydrogens (tertiary/aromatic N) is 2. The van der Waals surface area contributed by atoms with Gasteiger partial charge in [0.15, 0.2) is 11.6 Å². The minimum atomic E-state index is -0.107. The number of allylic oxidation sites excluding steroid dienone is 2. The van der Waals surface area contributed by atoms with E-state index in [0.29, 0.717) is 11.1 Å². The summed E-state index contributed by atoms with van der Waals surface area (Å²) in [6, 6.07) is 23.7. The lowest BCUT2D eigenvalue weighted by molar-refractivity contribution is 0.103. The number of carbonyl (C=O) groups excluding carboxylic acids is 2. The van der Waals surface area contributed by atoms with E-state index in [1.165, 1.54) is 0 Å². The predicted octanol–water partition coefficient (Wildman–Crippen LogP) is 6.18. The van der Waals surface area contributed by atoms with Gasteiger partial charge >= 0.3 is 0 Å². The molecule has 0 saturated heterocycles. The maximum absolute atomic E-state index is 13.4. The molecule has 4 rings (SSSR count). The molecular weight excluding hydrogens is 420 g/mol. The third-order valence-corrected chi connectivity index (χ3v) is 5.69. The second-order valence-corrected chi connectivity index (χ2v) is 8.71. The van der Waals surface area contributed by atoms with Crippen LogP contribution in [0.25, 0.3) is 32.7 Å². The fourth-order valence-corrected chi connectivity index (χ4v) is 4.11. The molecule has 0 fully saturated rings. The van der Waals surface area contributed by atoms with Gasteiger partial charge in [0.05, 0.1) is 0 Å². The Balaban J connectivity index is 2.11. The molecule has 4 aromatic carbocycles. The highest BCUT2D eigenvalue weighted by molar-refractivity contribution is 6.22. The monoisotopic (exact) mass is 448 g/mol. The molecule has 0 N–H and O–H groups in total. The van der Waals surface area contributed by atoms with Crippen LogP contribution in [0.1, 0.15) is 20.7 Å². The zero-order valence-corrected chi connectivity index (χ0v) is 19.9. The summed E-state index contributed by atoms with van der Waals surface area (Å²) in [6.07, 6.45) is 6.64.